The fourth-order valence-corrected chi connectivity index (χ4v) is 2.57. The predicted octanol–water partition coefficient (Wildman–Crippen LogP) is 1.86. The van der Waals surface area contributed by atoms with Crippen molar-refractivity contribution >= 4 is 11.9 Å². The van der Waals surface area contributed by atoms with Crippen LogP contribution in [-0.4, -0.2) is 47.7 Å². The first-order valence-corrected chi connectivity index (χ1v) is 7.22. The molecule has 6 heteroatoms. The van der Waals surface area contributed by atoms with Gasteiger partial charge < -0.3 is 19.2 Å². The summed E-state index contributed by atoms with van der Waals surface area (Å²) in [6.45, 7) is 4.53. The highest BCUT2D eigenvalue weighted by atomic mass is 16.5. The van der Waals surface area contributed by atoms with Crippen LogP contribution in [0.4, 0.5) is 0 Å². The van der Waals surface area contributed by atoms with Crippen molar-refractivity contribution in [2.45, 2.75) is 39.2 Å². The number of carbonyl (C=O) groups is 2. The van der Waals surface area contributed by atoms with Gasteiger partial charge in [0.25, 0.3) is 5.91 Å². The molecule has 0 atom stereocenters. The summed E-state index contributed by atoms with van der Waals surface area (Å²) in [5, 5.41) is 9.08. The zero-order valence-corrected chi connectivity index (χ0v) is 12.4. The third kappa shape index (κ3) is 3.64. The second-order valence-corrected chi connectivity index (χ2v) is 5.25. The second-order valence-electron chi connectivity index (χ2n) is 5.25. The minimum atomic E-state index is -1.02. The van der Waals surface area contributed by atoms with Crippen LogP contribution in [0.2, 0.25) is 0 Å². The lowest BCUT2D eigenvalue weighted by Crippen LogP contribution is -2.46. The summed E-state index contributed by atoms with van der Waals surface area (Å²) < 4.78 is 10.8. The van der Waals surface area contributed by atoms with Crippen molar-refractivity contribution in [2.24, 2.45) is 0 Å². The Balaban J connectivity index is 2.23. The lowest BCUT2D eigenvalue weighted by Gasteiger charge is -2.32. The molecule has 6 nitrogen and oxygen atoms in total. The predicted molar refractivity (Wildman–Crippen MR) is 75.3 cm³/mol. The quantitative estimate of drug-likeness (QED) is 0.896. The molecule has 1 saturated heterocycles. The Bertz CT molecular complexity index is 516. The van der Waals surface area contributed by atoms with E-state index in [0.717, 1.165) is 11.3 Å². The van der Waals surface area contributed by atoms with Crippen LogP contribution in [0.5, 0.6) is 0 Å². The number of nitrogens with zero attached hydrogens (tertiary/aromatic N) is 1. The van der Waals surface area contributed by atoms with Crippen molar-refractivity contribution in [3.63, 3.8) is 0 Å². The van der Waals surface area contributed by atoms with Gasteiger partial charge in [-0.15, -0.1) is 0 Å². The number of carbonyl (C=O) groups excluding carboxylic acids is 1. The van der Waals surface area contributed by atoms with Crippen LogP contribution in [0, 0.1) is 6.92 Å². The number of hydrogen-bond acceptors (Lipinski definition) is 4. The van der Waals surface area contributed by atoms with Crippen LogP contribution in [0.15, 0.2) is 10.5 Å². The lowest BCUT2D eigenvalue weighted by atomic mass is 10.1. The molecule has 1 amide bonds. The minimum absolute atomic E-state index is 0.114. The highest BCUT2D eigenvalue weighted by Gasteiger charge is 2.31. The summed E-state index contributed by atoms with van der Waals surface area (Å²) in [5.74, 6) is -0.381. The van der Waals surface area contributed by atoms with Gasteiger partial charge in [-0.3, -0.25) is 9.59 Å². The molecule has 0 bridgehead atoms. The van der Waals surface area contributed by atoms with Gasteiger partial charge in [0.1, 0.15) is 12.3 Å². The topological polar surface area (TPSA) is 80.0 Å². The van der Waals surface area contributed by atoms with Gasteiger partial charge in [-0.05, 0) is 25.8 Å². The molecule has 0 aromatic carbocycles. The van der Waals surface area contributed by atoms with Crippen molar-refractivity contribution in [3.05, 3.63) is 23.2 Å². The zero-order valence-electron chi connectivity index (χ0n) is 12.4. The molecule has 0 spiro atoms. The molecule has 116 valence electrons. The van der Waals surface area contributed by atoms with Gasteiger partial charge in [-0.25, -0.2) is 0 Å². The highest BCUT2D eigenvalue weighted by molar-refractivity contribution is 5.95. The molecule has 0 radical (unpaired) electrons. The number of ether oxygens (including phenoxy) is 1. The number of furan rings is 1. The molecule has 0 aliphatic carbocycles. The Kier molecular flexibility index (Phi) is 5.01. The fraction of sp³-hybridized carbons (Fsp3) is 0.600. The molecular weight excluding hydrogens is 274 g/mol. The second kappa shape index (κ2) is 6.76. The number of aliphatic carboxylic acids is 1. The third-order valence-corrected chi connectivity index (χ3v) is 3.71. The van der Waals surface area contributed by atoms with E-state index < -0.39 is 5.97 Å². The van der Waals surface area contributed by atoms with Gasteiger partial charge >= 0.3 is 5.97 Å². The largest absolute Gasteiger partial charge is 0.480 e. The molecule has 21 heavy (non-hydrogen) atoms. The molecule has 1 aromatic heterocycles. The highest BCUT2D eigenvalue weighted by Crippen LogP contribution is 2.21. The number of carboxylic acid groups (broad SMARTS) is 1. The zero-order chi connectivity index (χ0) is 15.4. The third-order valence-electron chi connectivity index (χ3n) is 3.71. The van der Waals surface area contributed by atoms with E-state index in [9.17, 15) is 9.59 Å². The Morgan fingerprint density at radius 1 is 1.38 bits per heavy atom. The molecule has 0 unspecified atom stereocenters. The van der Waals surface area contributed by atoms with Crippen LogP contribution in [0.25, 0.3) is 0 Å². The summed E-state index contributed by atoms with van der Waals surface area (Å²) in [5.41, 5.74) is 0.749. The van der Waals surface area contributed by atoms with Crippen molar-refractivity contribution in [3.8, 4) is 0 Å². The van der Waals surface area contributed by atoms with Gasteiger partial charge in [0.15, 0.2) is 5.76 Å². The van der Waals surface area contributed by atoms with Crippen molar-refractivity contribution < 1.29 is 23.8 Å². The normalized spacial score (nSPS) is 15.9. The molecule has 2 rings (SSSR count). The summed E-state index contributed by atoms with van der Waals surface area (Å²) >= 11 is 0. The molecule has 1 aliphatic heterocycles. The Labute approximate surface area is 123 Å². The maximum atomic E-state index is 12.7. The molecular formula is C15H21NO5. The number of hydrogen-bond donors (Lipinski definition) is 1. The van der Waals surface area contributed by atoms with E-state index in [0.29, 0.717) is 32.5 Å². The number of rotatable bonds is 5. The van der Waals surface area contributed by atoms with Crippen LogP contribution in [0.3, 0.4) is 0 Å². The first-order valence-electron chi connectivity index (χ1n) is 7.22. The first-order chi connectivity index (χ1) is 10.0. The molecule has 0 saturated carbocycles. The maximum absolute atomic E-state index is 12.7. The van der Waals surface area contributed by atoms with E-state index in [4.69, 9.17) is 14.3 Å². The van der Waals surface area contributed by atoms with Gasteiger partial charge in [0, 0.05) is 31.2 Å². The van der Waals surface area contributed by atoms with E-state index in [1.54, 1.807) is 6.92 Å². The van der Waals surface area contributed by atoms with E-state index in [1.807, 2.05) is 13.0 Å². The monoisotopic (exact) mass is 295 g/mol. The summed E-state index contributed by atoms with van der Waals surface area (Å²) in [6, 6.07) is 1.72. The van der Waals surface area contributed by atoms with E-state index in [1.165, 1.54) is 4.90 Å². The summed E-state index contributed by atoms with van der Waals surface area (Å²) in [4.78, 5) is 25.1. The smallest absolute Gasteiger partial charge is 0.323 e. The van der Waals surface area contributed by atoms with Crippen LogP contribution < -0.4 is 0 Å². The van der Waals surface area contributed by atoms with Gasteiger partial charge in [-0.2, -0.15) is 0 Å². The summed E-state index contributed by atoms with van der Waals surface area (Å²) in [7, 11) is 0. The lowest BCUT2D eigenvalue weighted by molar-refractivity contribution is -0.138. The summed E-state index contributed by atoms with van der Waals surface area (Å²) in [6.07, 6.45) is 2.00. The average Bonchev–Trinajstić information content (AvgIpc) is 2.86. The fourth-order valence-electron chi connectivity index (χ4n) is 2.57. The van der Waals surface area contributed by atoms with Gasteiger partial charge in [0.2, 0.25) is 0 Å². The average molecular weight is 295 g/mol. The standard InChI is InChI=1S/C15H21NO5/c1-3-12-8-10(2)14(21-12)15(19)16(9-13(17)18)11-4-6-20-7-5-11/h8,11H,3-7,9H2,1-2H3,(H,17,18). The van der Waals surface area contributed by atoms with Crippen molar-refractivity contribution in [2.75, 3.05) is 19.8 Å². The SMILES string of the molecule is CCc1cc(C)c(C(=O)N(CC(=O)O)C2CCOCC2)o1. The van der Waals surface area contributed by atoms with Crippen LogP contribution in [-0.2, 0) is 16.0 Å². The van der Waals surface area contributed by atoms with E-state index in [-0.39, 0.29) is 24.3 Å². The molecule has 1 aromatic rings. The molecule has 1 aliphatic rings. The van der Waals surface area contributed by atoms with Crippen LogP contribution in [0.1, 0.15) is 41.6 Å². The minimum Gasteiger partial charge on any atom is -0.480 e. The van der Waals surface area contributed by atoms with Gasteiger partial charge in [-0.1, -0.05) is 6.92 Å². The number of aryl methyl sites for hydroxylation is 2. The Hall–Kier alpha value is -1.82. The first kappa shape index (κ1) is 15.6. The van der Waals surface area contributed by atoms with Crippen molar-refractivity contribution in [1.82, 2.24) is 4.90 Å². The molecule has 2 heterocycles. The maximum Gasteiger partial charge on any atom is 0.323 e. The Morgan fingerprint density at radius 3 is 2.57 bits per heavy atom. The Morgan fingerprint density at radius 2 is 2.05 bits per heavy atom. The van der Waals surface area contributed by atoms with Crippen molar-refractivity contribution in [1.29, 1.82) is 0 Å². The number of carboxylic acids is 1. The van der Waals surface area contributed by atoms with E-state index >= 15 is 0 Å². The number of amides is 1. The molecule has 1 fully saturated rings. The molecule has 1 N–H and O–H groups in total. The van der Waals surface area contributed by atoms with E-state index in [2.05, 4.69) is 0 Å². The van der Waals surface area contributed by atoms with Gasteiger partial charge in [0.05, 0.1) is 0 Å². The van der Waals surface area contributed by atoms with Crippen LogP contribution >= 0.6 is 0 Å².